The number of piperazine rings is 1. The molecular weight excluding hydrogens is 400 g/mol. The van der Waals surface area contributed by atoms with Gasteiger partial charge >= 0.3 is 0 Å². The SMILES string of the molecule is Cc1ccc(N2CCN(C(=O)c3c(C)nn([C@H]4CCS(=O)(=O)C4)c3C)CC2)c(C)c1. The molecule has 0 aliphatic carbocycles. The second-order valence-corrected chi connectivity index (χ2v) is 10.8. The van der Waals surface area contributed by atoms with Crippen molar-refractivity contribution in [3.05, 3.63) is 46.3 Å². The van der Waals surface area contributed by atoms with E-state index >= 15 is 0 Å². The molecule has 2 aliphatic heterocycles. The van der Waals surface area contributed by atoms with Crippen molar-refractivity contribution in [3.63, 3.8) is 0 Å². The van der Waals surface area contributed by atoms with E-state index in [1.165, 1.54) is 16.8 Å². The highest BCUT2D eigenvalue weighted by atomic mass is 32.2. The Labute approximate surface area is 178 Å². The van der Waals surface area contributed by atoms with Crippen LogP contribution >= 0.6 is 0 Å². The largest absolute Gasteiger partial charge is 0.368 e. The Hall–Kier alpha value is -2.35. The van der Waals surface area contributed by atoms with Gasteiger partial charge in [0.15, 0.2) is 9.84 Å². The maximum Gasteiger partial charge on any atom is 0.257 e. The Kier molecular flexibility index (Phi) is 5.38. The molecule has 162 valence electrons. The molecule has 0 radical (unpaired) electrons. The van der Waals surface area contributed by atoms with Crippen molar-refractivity contribution in [1.82, 2.24) is 14.7 Å². The molecular formula is C22H30N4O3S. The molecule has 4 rings (SSSR count). The van der Waals surface area contributed by atoms with Gasteiger partial charge in [-0.3, -0.25) is 9.48 Å². The number of rotatable bonds is 3. The van der Waals surface area contributed by atoms with Crippen molar-refractivity contribution >= 4 is 21.4 Å². The molecule has 0 N–H and O–H groups in total. The summed E-state index contributed by atoms with van der Waals surface area (Å²) in [5.41, 5.74) is 5.82. The first kappa shape index (κ1) is 20.9. The molecule has 30 heavy (non-hydrogen) atoms. The first-order chi connectivity index (χ1) is 14.2. The number of aryl methyl sites for hydroxylation is 3. The fourth-order valence-electron chi connectivity index (χ4n) is 4.76. The minimum atomic E-state index is -3.01. The van der Waals surface area contributed by atoms with Gasteiger partial charge in [0.1, 0.15) is 0 Å². The van der Waals surface area contributed by atoms with Crippen LogP contribution in [0.4, 0.5) is 5.69 Å². The number of amides is 1. The number of anilines is 1. The van der Waals surface area contributed by atoms with E-state index in [1.807, 2.05) is 18.7 Å². The first-order valence-corrected chi connectivity index (χ1v) is 12.4. The summed E-state index contributed by atoms with van der Waals surface area (Å²) in [6, 6.07) is 6.31. The van der Waals surface area contributed by atoms with E-state index in [0.717, 1.165) is 18.8 Å². The second kappa shape index (κ2) is 7.72. The molecule has 0 saturated carbocycles. The van der Waals surface area contributed by atoms with Gasteiger partial charge < -0.3 is 9.80 Å². The number of carbonyl (C=O) groups excluding carboxylic acids is 1. The number of aromatic nitrogens is 2. The van der Waals surface area contributed by atoms with Crippen LogP contribution in [0.25, 0.3) is 0 Å². The summed E-state index contributed by atoms with van der Waals surface area (Å²) in [7, 11) is -3.01. The van der Waals surface area contributed by atoms with Crippen LogP contribution in [0.2, 0.25) is 0 Å². The van der Waals surface area contributed by atoms with Crippen molar-refractivity contribution in [1.29, 1.82) is 0 Å². The molecule has 0 spiro atoms. The Bertz CT molecular complexity index is 1080. The van der Waals surface area contributed by atoms with Crippen LogP contribution in [0.1, 0.15) is 45.3 Å². The van der Waals surface area contributed by atoms with Crippen molar-refractivity contribution in [2.45, 2.75) is 40.2 Å². The molecule has 8 heteroatoms. The normalized spacial score (nSPS) is 21.3. The molecule has 1 amide bonds. The van der Waals surface area contributed by atoms with Gasteiger partial charge in [-0.05, 0) is 45.7 Å². The average molecular weight is 431 g/mol. The number of nitrogens with zero attached hydrogens (tertiary/aromatic N) is 4. The number of carbonyl (C=O) groups is 1. The van der Waals surface area contributed by atoms with Gasteiger partial charge in [0.25, 0.3) is 5.91 Å². The van der Waals surface area contributed by atoms with E-state index in [-0.39, 0.29) is 23.5 Å². The van der Waals surface area contributed by atoms with Crippen LogP contribution in [0.3, 0.4) is 0 Å². The van der Waals surface area contributed by atoms with Gasteiger partial charge in [-0.15, -0.1) is 0 Å². The highest BCUT2D eigenvalue weighted by Crippen LogP contribution is 2.28. The topological polar surface area (TPSA) is 75.5 Å². The highest BCUT2D eigenvalue weighted by molar-refractivity contribution is 7.91. The van der Waals surface area contributed by atoms with E-state index in [0.29, 0.717) is 30.8 Å². The van der Waals surface area contributed by atoms with Crippen LogP contribution < -0.4 is 4.90 Å². The second-order valence-electron chi connectivity index (χ2n) is 8.62. The predicted molar refractivity (Wildman–Crippen MR) is 118 cm³/mol. The summed E-state index contributed by atoms with van der Waals surface area (Å²) in [6.07, 6.45) is 0.562. The van der Waals surface area contributed by atoms with Crippen molar-refractivity contribution in [3.8, 4) is 0 Å². The molecule has 7 nitrogen and oxygen atoms in total. The van der Waals surface area contributed by atoms with E-state index in [2.05, 4.69) is 42.0 Å². The lowest BCUT2D eigenvalue weighted by molar-refractivity contribution is 0.0745. The minimum Gasteiger partial charge on any atom is -0.368 e. The van der Waals surface area contributed by atoms with Gasteiger partial charge in [0.05, 0.1) is 28.8 Å². The number of sulfone groups is 1. The Morgan fingerprint density at radius 1 is 1.07 bits per heavy atom. The number of benzene rings is 1. The fraction of sp³-hybridized carbons (Fsp3) is 0.545. The summed E-state index contributed by atoms with van der Waals surface area (Å²) in [5, 5.41) is 4.55. The lowest BCUT2D eigenvalue weighted by Gasteiger charge is -2.37. The molecule has 2 aromatic rings. The van der Waals surface area contributed by atoms with Gasteiger partial charge in [-0.25, -0.2) is 8.42 Å². The molecule has 2 fully saturated rings. The van der Waals surface area contributed by atoms with Crippen molar-refractivity contribution in [2.24, 2.45) is 0 Å². The molecule has 2 saturated heterocycles. The predicted octanol–water partition coefficient (Wildman–Crippen LogP) is 2.44. The van der Waals surface area contributed by atoms with Crippen LogP contribution in [0.5, 0.6) is 0 Å². The lowest BCUT2D eigenvalue weighted by atomic mass is 10.1. The molecule has 2 aliphatic rings. The van der Waals surface area contributed by atoms with Crippen LogP contribution in [0.15, 0.2) is 18.2 Å². The van der Waals surface area contributed by atoms with E-state index < -0.39 is 9.84 Å². The number of hydrogen-bond acceptors (Lipinski definition) is 5. The summed E-state index contributed by atoms with van der Waals surface area (Å²) >= 11 is 0. The minimum absolute atomic E-state index is 0.00242. The molecule has 1 aromatic carbocycles. The summed E-state index contributed by atoms with van der Waals surface area (Å²) in [4.78, 5) is 17.5. The third kappa shape index (κ3) is 3.85. The van der Waals surface area contributed by atoms with Crippen LogP contribution in [-0.2, 0) is 9.84 Å². The number of hydrogen-bond donors (Lipinski definition) is 0. The van der Waals surface area contributed by atoms with Gasteiger partial charge in [0, 0.05) is 37.6 Å². The summed E-state index contributed by atoms with van der Waals surface area (Å²) in [6.45, 7) is 10.9. The maximum absolute atomic E-state index is 13.3. The third-order valence-corrected chi connectivity index (χ3v) is 8.10. The molecule has 0 bridgehead atoms. The highest BCUT2D eigenvalue weighted by Gasteiger charge is 2.33. The molecule has 1 atom stereocenters. The summed E-state index contributed by atoms with van der Waals surface area (Å²) < 4.78 is 25.5. The zero-order valence-electron chi connectivity index (χ0n) is 18.2. The standard InChI is InChI=1S/C22H30N4O3S/c1-15-5-6-20(16(2)13-15)24-8-10-25(11-9-24)22(27)21-17(3)23-26(18(21)4)19-7-12-30(28,29)14-19/h5-6,13,19H,7-12,14H2,1-4H3/t19-/m0/s1. The zero-order chi connectivity index (χ0) is 21.6. The smallest absolute Gasteiger partial charge is 0.257 e. The van der Waals surface area contributed by atoms with Crippen molar-refractivity contribution < 1.29 is 13.2 Å². The van der Waals surface area contributed by atoms with Crippen LogP contribution in [-0.4, -0.2) is 66.7 Å². The quantitative estimate of drug-likeness (QED) is 0.748. The molecule has 0 unspecified atom stereocenters. The monoisotopic (exact) mass is 430 g/mol. The van der Waals surface area contributed by atoms with E-state index in [1.54, 1.807) is 4.68 Å². The average Bonchev–Trinajstić information content (AvgIpc) is 3.19. The van der Waals surface area contributed by atoms with Gasteiger partial charge in [-0.2, -0.15) is 5.10 Å². The van der Waals surface area contributed by atoms with Gasteiger partial charge in [0.2, 0.25) is 0 Å². The van der Waals surface area contributed by atoms with E-state index in [4.69, 9.17) is 0 Å². The Morgan fingerprint density at radius 2 is 1.77 bits per heavy atom. The Morgan fingerprint density at radius 3 is 2.37 bits per heavy atom. The van der Waals surface area contributed by atoms with Crippen LogP contribution in [0, 0.1) is 27.7 Å². The first-order valence-electron chi connectivity index (χ1n) is 10.5. The maximum atomic E-state index is 13.3. The Balaban J connectivity index is 1.48. The van der Waals surface area contributed by atoms with E-state index in [9.17, 15) is 13.2 Å². The van der Waals surface area contributed by atoms with Crippen molar-refractivity contribution in [2.75, 3.05) is 42.6 Å². The summed E-state index contributed by atoms with van der Waals surface area (Å²) in [5.74, 6) is 0.300. The molecule has 3 heterocycles. The third-order valence-electron chi connectivity index (χ3n) is 6.35. The lowest BCUT2D eigenvalue weighted by Crippen LogP contribution is -2.49. The fourth-order valence-corrected chi connectivity index (χ4v) is 6.46. The van der Waals surface area contributed by atoms with Gasteiger partial charge in [-0.1, -0.05) is 17.7 Å². The zero-order valence-corrected chi connectivity index (χ0v) is 19.0. The molecule has 1 aromatic heterocycles.